The fourth-order valence-electron chi connectivity index (χ4n) is 0.797. The highest BCUT2D eigenvalue weighted by Gasteiger charge is 2.09. The lowest BCUT2D eigenvalue weighted by atomic mass is 9.92. The van der Waals surface area contributed by atoms with E-state index in [1.807, 2.05) is 0 Å². The number of aliphatic hydroxyl groups excluding tert-OH is 2. The van der Waals surface area contributed by atoms with Gasteiger partial charge in [-0.25, -0.2) is 0 Å². The second-order valence-corrected chi connectivity index (χ2v) is 4.35. The summed E-state index contributed by atoms with van der Waals surface area (Å²) in [6.07, 6.45) is 0.454. The first-order valence-electron chi connectivity index (χ1n) is 4.45. The number of aliphatic hydroxyl groups is 2. The lowest BCUT2D eigenvalue weighted by Crippen LogP contribution is -2.31. The molecule has 74 valence electrons. The van der Waals surface area contributed by atoms with E-state index in [0.717, 1.165) is 13.0 Å². The zero-order valence-electron chi connectivity index (χ0n) is 8.30. The maximum atomic E-state index is 8.97. The fourth-order valence-corrected chi connectivity index (χ4v) is 0.797. The van der Waals surface area contributed by atoms with Crippen LogP contribution in [0, 0.1) is 5.41 Å². The zero-order chi connectivity index (χ0) is 9.61. The molecule has 0 aromatic rings. The second-order valence-electron chi connectivity index (χ2n) is 4.35. The molecule has 0 amide bonds. The molecule has 3 N–H and O–H groups in total. The molecule has 0 spiro atoms. The van der Waals surface area contributed by atoms with Gasteiger partial charge in [0.15, 0.2) is 0 Å². The standard InChI is InChI=1S/C9H21NO2/c1-9(2,3)4-5-10-6-8(12)7-11/h8,10-12H,4-7H2,1-3H3/t8-/m0/s1. The third-order valence-electron chi connectivity index (χ3n) is 1.64. The van der Waals surface area contributed by atoms with Gasteiger partial charge in [-0.05, 0) is 18.4 Å². The van der Waals surface area contributed by atoms with Crippen LogP contribution in [0.1, 0.15) is 27.2 Å². The summed E-state index contributed by atoms with van der Waals surface area (Å²) >= 11 is 0. The van der Waals surface area contributed by atoms with Gasteiger partial charge in [-0.2, -0.15) is 0 Å². The van der Waals surface area contributed by atoms with Crippen LogP contribution in [-0.2, 0) is 0 Å². The van der Waals surface area contributed by atoms with Gasteiger partial charge in [-0.3, -0.25) is 0 Å². The van der Waals surface area contributed by atoms with E-state index in [2.05, 4.69) is 26.1 Å². The van der Waals surface area contributed by atoms with Gasteiger partial charge in [0, 0.05) is 6.54 Å². The molecule has 0 aromatic heterocycles. The fraction of sp³-hybridized carbons (Fsp3) is 1.00. The largest absolute Gasteiger partial charge is 0.394 e. The minimum absolute atomic E-state index is 0.164. The molecule has 0 aromatic carbocycles. The molecule has 0 aliphatic carbocycles. The molecule has 0 saturated heterocycles. The summed E-state index contributed by atoms with van der Waals surface area (Å²) in [5, 5.41) is 20.6. The van der Waals surface area contributed by atoms with Crippen LogP contribution in [0.5, 0.6) is 0 Å². The van der Waals surface area contributed by atoms with Crippen molar-refractivity contribution in [1.82, 2.24) is 5.32 Å². The van der Waals surface area contributed by atoms with Crippen LogP contribution in [0.2, 0.25) is 0 Å². The van der Waals surface area contributed by atoms with E-state index in [1.54, 1.807) is 0 Å². The Hall–Kier alpha value is -0.120. The Bertz CT molecular complexity index is 110. The second kappa shape index (κ2) is 5.51. The molecule has 0 fully saturated rings. The molecule has 0 heterocycles. The SMILES string of the molecule is CC(C)(C)CCNC[C@H](O)CO. The van der Waals surface area contributed by atoms with Crippen LogP contribution in [-0.4, -0.2) is 36.0 Å². The molecule has 0 radical (unpaired) electrons. The predicted octanol–water partition coefficient (Wildman–Crippen LogP) is 0.365. The summed E-state index contributed by atoms with van der Waals surface area (Å²) in [6.45, 7) is 7.74. The summed E-state index contributed by atoms with van der Waals surface area (Å²) in [6, 6.07) is 0. The van der Waals surface area contributed by atoms with E-state index in [1.165, 1.54) is 0 Å². The molecule has 0 bridgehead atoms. The summed E-state index contributed by atoms with van der Waals surface area (Å²) in [5.41, 5.74) is 0.331. The summed E-state index contributed by atoms with van der Waals surface area (Å²) in [4.78, 5) is 0. The normalized spacial score (nSPS) is 14.8. The molecule has 12 heavy (non-hydrogen) atoms. The highest BCUT2D eigenvalue weighted by molar-refractivity contribution is 4.64. The number of nitrogens with one attached hydrogen (secondary N) is 1. The van der Waals surface area contributed by atoms with Gasteiger partial charge in [0.1, 0.15) is 0 Å². The first-order chi connectivity index (χ1) is 5.45. The van der Waals surface area contributed by atoms with Crippen molar-refractivity contribution < 1.29 is 10.2 Å². The average molecular weight is 175 g/mol. The van der Waals surface area contributed by atoms with Crippen LogP contribution >= 0.6 is 0 Å². The molecular weight excluding hydrogens is 154 g/mol. The van der Waals surface area contributed by atoms with Gasteiger partial charge in [-0.1, -0.05) is 20.8 Å². The van der Waals surface area contributed by atoms with Crippen LogP contribution in [0.25, 0.3) is 0 Å². The molecule has 0 rings (SSSR count). The van der Waals surface area contributed by atoms with E-state index >= 15 is 0 Å². The Morgan fingerprint density at radius 2 is 1.92 bits per heavy atom. The first kappa shape index (κ1) is 11.9. The van der Waals surface area contributed by atoms with Crippen molar-refractivity contribution in [3.05, 3.63) is 0 Å². The average Bonchev–Trinajstić information content (AvgIpc) is 1.96. The van der Waals surface area contributed by atoms with E-state index < -0.39 is 6.10 Å². The number of hydrogen-bond acceptors (Lipinski definition) is 3. The van der Waals surface area contributed by atoms with E-state index in [4.69, 9.17) is 10.2 Å². The molecule has 1 atom stereocenters. The van der Waals surface area contributed by atoms with Gasteiger partial charge in [0.2, 0.25) is 0 Å². The van der Waals surface area contributed by atoms with Gasteiger partial charge in [0.05, 0.1) is 12.7 Å². The smallest absolute Gasteiger partial charge is 0.0894 e. The Balaban J connectivity index is 3.22. The summed E-state index contributed by atoms with van der Waals surface area (Å²) in [5.74, 6) is 0. The maximum Gasteiger partial charge on any atom is 0.0894 e. The molecule has 3 heteroatoms. The molecule has 0 unspecified atom stereocenters. The molecule has 0 saturated carbocycles. The van der Waals surface area contributed by atoms with Gasteiger partial charge < -0.3 is 15.5 Å². The Kier molecular flexibility index (Phi) is 5.46. The lowest BCUT2D eigenvalue weighted by molar-refractivity contribution is 0.0939. The van der Waals surface area contributed by atoms with Crippen molar-refractivity contribution in [2.45, 2.75) is 33.3 Å². The zero-order valence-corrected chi connectivity index (χ0v) is 8.30. The van der Waals surface area contributed by atoms with Crippen molar-refractivity contribution in [3.63, 3.8) is 0 Å². The van der Waals surface area contributed by atoms with Crippen molar-refractivity contribution >= 4 is 0 Å². The lowest BCUT2D eigenvalue weighted by Gasteiger charge is -2.18. The van der Waals surface area contributed by atoms with Crippen molar-refractivity contribution in [2.75, 3.05) is 19.7 Å². The first-order valence-corrected chi connectivity index (χ1v) is 4.45. The minimum Gasteiger partial charge on any atom is -0.394 e. The van der Waals surface area contributed by atoms with Crippen molar-refractivity contribution in [2.24, 2.45) is 5.41 Å². The van der Waals surface area contributed by atoms with Gasteiger partial charge in [-0.15, -0.1) is 0 Å². The van der Waals surface area contributed by atoms with E-state index in [-0.39, 0.29) is 6.61 Å². The maximum absolute atomic E-state index is 8.97. The quantitative estimate of drug-likeness (QED) is 0.529. The predicted molar refractivity (Wildman–Crippen MR) is 50.0 cm³/mol. The van der Waals surface area contributed by atoms with Crippen molar-refractivity contribution in [1.29, 1.82) is 0 Å². The highest BCUT2D eigenvalue weighted by Crippen LogP contribution is 2.16. The molecule has 0 aliphatic rings. The Morgan fingerprint density at radius 1 is 1.33 bits per heavy atom. The van der Waals surface area contributed by atoms with Crippen LogP contribution in [0.15, 0.2) is 0 Å². The third kappa shape index (κ3) is 7.98. The Labute approximate surface area is 74.8 Å². The van der Waals surface area contributed by atoms with E-state index in [9.17, 15) is 0 Å². The highest BCUT2D eigenvalue weighted by atomic mass is 16.3. The minimum atomic E-state index is -0.620. The van der Waals surface area contributed by atoms with Gasteiger partial charge >= 0.3 is 0 Å². The summed E-state index contributed by atoms with van der Waals surface area (Å²) < 4.78 is 0. The molecular formula is C9H21NO2. The third-order valence-corrected chi connectivity index (χ3v) is 1.64. The molecule has 0 aliphatic heterocycles. The van der Waals surface area contributed by atoms with Crippen LogP contribution in [0.4, 0.5) is 0 Å². The van der Waals surface area contributed by atoms with Crippen molar-refractivity contribution in [3.8, 4) is 0 Å². The molecule has 3 nitrogen and oxygen atoms in total. The van der Waals surface area contributed by atoms with E-state index in [0.29, 0.717) is 12.0 Å². The monoisotopic (exact) mass is 175 g/mol. The number of hydrogen-bond donors (Lipinski definition) is 3. The Morgan fingerprint density at radius 3 is 2.33 bits per heavy atom. The van der Waals surface area contributed by atoms with Gasteiger partial charge in [0.25, 0.3) is 0 Å². The van der Waals surface area contributed by atoms with Crippen LogP contribution < -0.4 is 5.32 Å². The number of rotatable bonds is 5. The van der Waals surface area contributed by atoms with Crippen LogP contribution in [0.3, 0.4) is 0 Å². The summed E-state index contributed by atoms with van der Waals surface area (Å²) in [7, 11) is 0. The topological polar surface area (TPSA) is 52.5 Å².